The Morgan fingerprint density at radius 3 is 2.50 bits per heavy atom. The lowest BCUT2D eigenvalue weighted by atomic mass is 9.89. The number of aryl methyl sites for hydroxylation is 1. The Balaban J connectivity index is 0.00000245. The first-order valence-electron chi connectivity index (χ1n) is 10.3. The number of benzene rings is 2. The molecule has 32 heavy (non-hydrogen) atoms. The van der Waals surface area contributed by atoms with Crippen molar-refractivity contribution in [1.82, 2.24) is 14.5 Å². The van der Waals surface area contributed by atoms with Crippen molar-refractivity contribution in [2.75, 3.05) is 0 Å². The second-order valence-electron chi connectivity index (χ2n) is 8.20. The van der Waals surface area contributed by atoms with Gasteiger partial charge in [-0.15, -0.1) is 12.4 Å². The Morgan fingerprint density at radius 2 is 1.88 bits per heavy atom. The smallest absolute Gasteiger partial charge is 0.191 e. The Hall–Kier alpha value is -3.51. The molecule has 1 saturated carbocycles. The van der Waals surface area contributed by atoms with Crippen LogP contribution in [-0.2, 0) is 18.9 Å². The first kappa shape index (κ1) is 21.7. The molecule has 2 aromatic carbocycles. The van der Waals surface area contributed by atoms with Gasteiger partial charge in [0.1, 0.15) is 17.4 Å². The van der Waals surface area contributed by atoms with Crippen LogP contribution in [0, 0.1) is 5.41 Å². The number of fused-ring (bicyclic) bond motifs is 1. The lowest BCUT2D eigenvalue weighted by molar-refractivity contribution is 0.0941. The van der Waals surface area contributed by atoms with Crippen molar-refractivity contribution in [3.05, 3.63) is 95.1 Å². The molecule has 3 N–H and O–H groups in total. The van der Waals surface area contributed by atoms with Crippen LogP contribution in [0.1, 0.15) is 45.8 Å². The van der Waals surface area contributed by atoms with Crippen LogP contribution in [-0.4, -0.2) is 26.2 Å². The molecular formula is C25H24ClN5O. The number of nitrogens with two attached hydrogens (primary N) is 1. The molecule has 0 spiro atoms. The zero-order valence-electron chi connectivity index (χ0n) is 17.7. The van der Waals surface area contributed by atoms with Gasteiger partial charge >= 0.3 is 0 Å². The molecule has 7 heteroatoms. The fourth-order valence-corrected chi connectivity index (χ4v) is 4.20. The molecule has 5 rings (SSSR count). The van der Waals surface area contributed by atoms with Crippen molar-refractivity contribution in [2.24, 2.45) is 12.8 Å². The zero-order chi connectivity index (χ0) is 21.6. The summed E-state index contributed by atoms with van der Waals surface area (Å²) in [4.78, 5) is 22.3. The van der Waals surface area contributed by atoms with Crippen molar-refractivity contribution >= 4 is 35.1 Å². The molecule has 0 aliphatic heterocycles. The number of nitrogens with zero attached hydrogens (tertiary/aromatic N) is 3. The maximum absolute atomic E-state index is 13.1. The van der Waals surface area contributed by atoms with E-state index >= 15 is 0 Å². The second-order valence-corrected chi connectivity index (χ2v) is 8.20. The SMILES string of the molecule is Cl.Cn1c(Cc2ccc(C(=N)N)cc2)nc2cc(C3(C(=O)c4ccccn4)CC3)ccc21. The van der Waals surface area contributed by atoms with E-state index in [2.05, 4.69) is 27.8 Å². The number of ketones is 1. The Bertz CT molecular complexity index is 1310. The fourth-order valence-electron chi connectivity index (χ4n) is 4.20. The number of pyridine rings is 1. The highest BCUT2D eigenvalue weighted by atomic mass is 35.5. The molecule has 2 heterocycles. The van der Waals surface area contributed by atoms with Gasteiger partial charge < -0.3 is 10.3 Å². The van der Waals surface area contributed by atoms with Crippen LogP contribution in [0.2, 0.25) is 0 Å². The fraction of sp³-hybridized carbons (Fsp3) is 0.200. The number of amidine groups is 1. The minimum absolute atomic E-state index is 0. The standard InChI is InChI=1S/C25H23N5O.ClH/c1-30-21-10-9-18(25(11-12-25)23(31)19-4-2-3-13-28-19)15-20(21)29-22(30)14-16-5-7-17(8-6-16)24(26)27;/h2-10,13,15H,11-12,14H2,1H3,(H3,26,27);1H. The van der Waals surface area contributed by atoms with Crippen LogP contribution in [0.3, 0.4) is 0 Å². The summed E-state index contributed by atoms with van der Waals surface area (Å²) in [6.45, 7) is 0. The largest absolute Gasteiger partial charge is 0.384 e. The first-order chi connectivity index (χ1) is 15.0. The number of nitrogens with one attached hydrogen (secondary N) is 1. The molecule has 2 aromatic heterocycles. The lowest BCUT2D eigenvalue weighted by Crippen LogP contribution is -2.21. The average Bonchev–Trinajstić information content (AvgIpc) is 3.55. The van der Waals surface area contributed by atoms with E-state index in [1.807, 2.05) is 43.4 Å². The molecule has 1 fully saturated rings. The molecule has 0 saturated heterocycles. The highest BCUT2D eigenvalue weighted by molar-refractivity contribution is 6.05. The van der Waals surface area contributed by atoms with Gasteiger partial charge in [-0.05, 0) is 48.2 Å². The third kappa shape index (κ3) is 3.67. The minimum atomic E-state index is -0.469. The lowest BCUT2D eigenvalue weighted by Gasteiger charge is -2.14. The average molecular weight is 446 g/mol. The molecule has 1 aliphatic carbocycles. The third-order valence-corrected chi connectivity index (χ3v) is 6.24. The molecular weight excluding hydrogens is 422 g/mol. The van der Waals surface area contributed by atoms with E-state index in [0.717, 1.165) is 40.8 Å². The normalized spacial score (nSPS) is 14.0. The number of imidazole rings is 1. The number of carbonyl (C=O) groups excluding carboxylic acids is 1. The molecule has 0 bridgehead atoms. The van der Waals surface area contributed by atoms with E-state index in [1.54, 1.807) is 12.3 Å². The van der Waals surface area contributed by atoms with E-state index in [1.165, 1.54) is 0 Å². The predicted molar refractivity (Wildman–Crippen MR) is 128 cm³/mol. The Labute approximate surface area is 192 Å². The summed E-state index contributed by atoms with van der Waals surface area (Å²) >= 11 is 0. The Kier molecular flexibility index (Phi) is 5.57. The summed E-state index contributed by atoms with van der Waals surface area (Å²) in [5.74, 6) is 1.11. The summed E-state index contributed by atoms with van der Waals surface area (Å²) < 4.78 is 2.10. The van der Waals surface area contributed by atoms with Crippen molar-refractivity contribution in [2.45, 2.75) is 24.7 Å². The van der Waals surface area contributed by atoms with Crippen molar-refractivity contribution < 1.29 is 4.79 Å². The van der Waals surface area contributed by atoms with Gasteiger partial charge in [-0.2, -0.15) is 0 Å². The zero-order valence-corrected chi connectivity index (χ0v) is 18.5. The first-order valence-corrected chi connectivity index (χ1v) is 10.3. The maximum Gasteiger partial charge on any atom is 0.191 e. The van der Waals surface area contributed by atoms with Crippen molar-refractivity contribution in [3.63, 3.8) is 0 Å². The second kappa shape index (κ2) is 8.20. The number of nitrogen functional groups attached to an aromatic ring is 1. The number of hydrogen-bond donors (Lipinski definition) is 2. The topological polar surface area (TPSA) is 97.6 Å². The molecule has 0 unspecified atom stereocenters. The van der Waals surface area contributed by atoms with Gasteiger partial charge in [-0.25, -0.2) is 4.98 Å². The van der Waals surface area contributed by atoms with Crippen LogP contribution >= 0.6 is 12.4 Å². The van der Waals surface area contributed by atoms with E-state index in [0.29, 0.717) is 17.7 Å². The highest BCUT2D eigenvalue weighted by Gasteiger charge is 2.51. The number of carbonyl (C=O) groups is 1. The van der Waals surface area contributed by atoms with Crippen molar-refractivity contribution in [1.29, 1.82) is 5.41 Å². The van der Waals surface area contributed by atoms with Crippen LogP contribution in [0.5, 0.6) is 0 Å². The summed E-state index contributed by atoms with van der Waals surface area (Å²) in [7, 11) is 2.01. The number of halogens is 1. The number of aromatic nitrogens is 3. The number of hydrogen-bond acceptors (Lipinski definition) is 4. The predicted octanol–water partition coefficient (Wildman–Crippen LogP) is 4.18. The Morgan fingerprint density at radius 1 is 1.12 bits per heavy atom. The summed E-state index contributed by atoms with van der Waals surface area (Å²) in [6, 6.07) is 19.3. The molecule has 1 aliphatic rings. The van der Waals surface area contributed by atoms with Crippen LogP contribution in [0.15, 0.2) is 66.9 Å². The van der Waals surface area contributed by atoms with Gasteiger partial charge in [0.25, 0.3) is 0 Å². The van der Waals surface area contributed by atoms with E-state index < -0.39 is 5.41 Å². The summed E-state index contributed by atoms with van der Waals surface area (Å²) in [6.07, 6.45) is 4.03. The molecule has 162 valence electrons. The molecule has 0 radical (unpaired) electrons. The summed E-state index contributed by atoms with van der Waals surface area (Å²) in [5.41, 5.74) is 10.4. The van der Waals surface area contributed by atoms with Gasteiger partial charge in [0.15, 0.2) is 5.78 Å². The van der Waals surface area contributed by atoms with Crippen molar-refractivity contribution in [3.8, 4) is 0 Å². The van der Waals surface area contributed by atoms with Gasteiger partial charge in [-0.1, -0.05) is 36.4 Å². The van der Waals surface area contributed by atoms with E-state index in [9.17, 15) is 4.79 Å². The monoisotopic (exact) mass is 445 g/mol. The van der Waals surface area contributed by atoms with Crippen LogP contribution < -0.4 is 5.73 Å². The summed E-state index contributed by atoms with van der Waals surface area (Å²) in [5, 5.41) is 7.53. The van der Waals surface area contributed by atoms with E-state index in [4.69, 9.17) is 16.1 Å². The molecule has 6 nitrogen and oxygen atoms in total. The molecule has 0 amide bonds. The van der Waals surface area contributed by atoms with Crippen LogP contribution in [0.25, 0.3) is 11.0 Å². The molecule has 0 atom stereocenters. The highest BCUT2D eigenvalue weighted by Crippen LogP contribution is 2.50. The van der Waals surface area contributed by atoms with Gasteiger partial charge in [0.2, 0.25) is 0 Å². The van der Waals surface area contributed by atoms with E-state index in [-0.39, 0.29) is 24.0 Å². The maximum atomic E-state index is 13.1. The van der Waals surface area contributed by atoms with Gasteiger partial charge in [0, 0.05) is 25.2 Å². The van der Waals surface area contributed by atoms with Gasteiger partial charge in [0.05, 0.1) is 16.4 Å². The third-order valence-electron chi connectivity index (χ3n) is 6.24. The quantitative estimate of drug-likeness (QED) is 0.264. The van der Waals surface area contributed by atoms with Crippen LogP contribution in [0.4, 0.5) is 0 Å². The number of rotatable bonds is 6. The number of Topliss-reactive ketones (excluding diaryl/α,β-unsaturated/α-hetero) is 1. The minimum Gasteiger partial charge on any atom is -0.384 e. The van der Waals surface area contributed by atoms with Gasteiger partial charge in [-0.3, -0.25) is 15.2 Å². The molecule has 4 aromatic rings.